The lowest BCUT2D eigenvalue weighted by atomic mass is 9.89. The van der Waals surface area contributed by atoms with E-state index in [4.69, 9.17) is 20.7 Å². The van der Waals surface area contributed by atoms with E-state index in [0.29, 0.717) is 17.5 Å². The van der Waals surface area contributed by atoms with Gasteiger partial charge < -0.3 is 5.73 Å². The van der Waals surface area contributed by atoms with E-state index in [-0.39, 0.29) is 0 Å². The third-order valence-electron chi connectivity index (χ3n) is 7.28. The van der Waals surface area contributed by atoms with Crippen LogP contribution >= 0.6 is 0 Å². The highest BCUT2D eigenvalue weighted by atomic mass is 15.0. The standard InChI is InChI=1S/C37H26N4/c38-31-22-19-26(20-23-31)33-24-21-25-9-7-8-14-32(25)34(33)27-15-17-30(18-16-27)37-40-35(28-10-3-1-4-11-28)39-36(41-37)29-12-5-2-6-13-29/h1-24H,38H2. The Hall–Kier alpha value is -5.61. The Labute approximate surface area is 238 Å². The van der Waals surface area contributed by atoms with Crippen molar-refractivity contribution in [2.45, 2.75) is 0 Å². The van der Waals surface area contributed by atoms with Gasteiger partial charge in [0.1, 0.15) is 0 Å². The fourth-order valence-corrected chi connectivity index (χ4v) is 5.21. The van der Waals surface area contributed by atoms with Gasteiger partial charge in [0.25, 0.3) is 0 Å². The molecule has 194 valence electrons. The third-order valence-corrected chi connectivity index (χ3v) is 7.28. The first kappa shape index (κ1) is 24.4. The minimum absolute atomic E-state index is 0.640. The average Bonchev–Trinajstić information content (AvgIpc) is 3.05. The fourth-order valence-electron chi connectivity index (χ4n) is 5.21. The summed E-state index contributed by atoms with van der Waals surface area (Å²) < 4.78 is 0. The lowest BCUT2D eigenvalue weighted by molar-refractivity contribution is 1.07. The Morgan fingerprint density at radius 2 is 0.829 bits per heavy atom. The summed E-state index contributed by atoms with van der Waals surface area (Å²) in [6.45, 7) is 0. The van der Waals surface area contributed by atoms with Gasteiger partial charge in [0.05, 0.1) is 0 Å². The van der Waals surface area contributed by atoms with Gasteiger partial charge in [-0.2, -0.15) is 0 Å². The van der Waals surface area contributed by atoms with Gasteiger partial charge in [-0.1, -0.05) is 133 Å². The molecule has 4 heteroatoms. The molecular weight excluding hydrogens is 500 g/mol. The highest BCUT2D eigenvalue weighted by molar-refractivity contribution is 6.04. The molecule has 41 heavy (non-hydrogen) atoms. The van der Waals surface area contributed by atoms with Crippen molar-refractivity contribution in [3.63, 3.8) is 0 Å². The van der Waals surface area contributed by atoms with Crippen LogP contribution in [0.25, 0.3) is 67.2 Å². The van der Waals surface area contributed by atoms with Crippen LogP contribution in [0.3, 0.4) is 0 Å². The molecule has 1 aromatic heterocycles. The Bertz CT molecular complexity index is 1910. The number of nitrogens with zero attached hydrogens (tertiary/aromatic N) is 3. The van der Waals surface area contributed by atoms with E-state index in [1.807, 2.05) is 72.8 Å². The van der Waals surface area contributed by atoms with Crippen LogP contribution in [0, 0.1) is 0 Å². The van der Waals surface area contributed by atoms with E-state index in [2.05, 4.69) is 72.8 Å². The average molecular weight is 527 g/mol. The van der Waals surface area contributed by atoms with Crippen molar-refractivity contribution in [3.8, 4) is 56.4 Å². The van der Waals surface area contributed by atoms with Gasteiger partial charge in [-0.25, -0.2) is 15.0 Å². The molecule has 4 nitrogen and oxygen atoms in total. The molecular formula is C37H26N4. The van der Waals surface area contributed by atoms with E-state index in [1.165, 1.54) is 16.3 Å². The molecule has 0 radical (unpaired) electrons. The fraction of sp³-hybridized carbons (Fsp3) is 0. The van der Waals surface area contributed by atoms with Crippen molar-refractivity contribution < 1.29 is 0 Å². The van der Waals surface area contributed by atoms with Crippen LogP contribution in [0.4, 0.5) is 5.69 Å². The van der Waals surface area contributed by atoms with Gasteiger partial charge in [-0.05, 0) is 45.2 Å². The van der Waals surface area contributed by atoms with Crippen LogP contribution in [0.15, 0.2) is 146 Å². The molecule has 0 saturated carbocycles. The minimum Gasteiger partial charge on any atom is -0.399 e. The zero-order valence-corrected chi connectivity index (χ0v) is 22.3. The summed E-state index contributed by atoms with van der Waals surface area (Å²) in [5.74, 6) is 1.94. The van der Waals surface area contributed by atoms with Crippen molar-refractivity contribution in [2.75, 3.05) is 5.73 Å². The maximum Gasteiger partial charge on any atom is 0.164 e. The second-order valence-corrected chi connectivity index (χ2v) is 9.95. The number of nitrogen functional groups attached to an aromatic ring is 1. The third kappa shape index (κ3) is 4.83. The summed E-state index contributed by atoms with van der Waals surface area (Å²) >= 11 is 0. The molecule has 7 aromatic rings. The number of benzene rings is 6. The van der Waals surface area contributed by atoms with Crippen LogP contribution < -0.4 is 5.73 Å². The minimum atomic E-state index is 0.640. The SMILES string of the molecule is Nc1ccc(-c2ccc3ccccc3c2-c2ccc(-c3nc(-c4ccccc4)nc(-c4ccccc4)n3)cc2)cc1. The van der Waals surface area contributed by atoms with E-state index in [9.17, 15) is 0 Å². The second kappa shape index (κ2) is 10.5. The first-order chi connectivity index (χ1) is 20.2. The Morgan fingerprint density at radius 1 is 0.366 bits per heavy atom. The van der Waals surface area contributed by atoms with Crippen LogP contribution in [-0.4, -0.2) is 15.0 Å². The molecule has 2 N–H and O–H groups in total. The van der Waals surface area contributed by atoms with Crippen LogP contribution in [0.1, 0.15) is 0 Å². The summed E-state index contributed by atoms with van der Waals surface area (Å²) in [5, 5.41) is 2.40. The Kier molecular flexibility index (Phi) is 6.26. The van der Waals surface area contributed by atoms with E-state index in [1.54, 1.807) is 0 Å². The van der Waals surface area contributed by atoms with Gasteiger partial charge >= 0.3 is 0 Å². The van der Waals surface area contributed by atoms with Gasteiger partial charge in [-0.15, -0.1) is 0 Å². The predicted octanol–water partition coefficient (Wildman–Crippen LogP) is 8.94. The van der Waals surface area contributed by atoms with Gasteiger partial charge in [0, 0.05) is 22.4 Å². The molecule has 0 bridgehead atoms. The lowest BCUT2D eigenvalue weighted by Crippen LogP contribution is -2.00. The summed E-state index contributed by atoms with van der Waals surface area (Å²) in [6.07, 6.45) is 0. The molecule has 1 heterocycles. The predicted molar refractivity (Wildman–Crippen MR) is 169 cm³/mol. The molecule has 0 aliphatic carbocycles. The second-order valence-electron chi connectivity index (χ2n) is 9.95. The number of hydrogen-bond donors (Lipinski definition) is 1. The van der Waals surface area contributed by atoms with Gasteiger partial charge in [0.15, 0.2) is 17.5 Å². The number of rotatable bonds is 5. The Morgan fingerprint density at radius 3 is 1.41 bits per heavy atom. The monoisotopic (exact) mass is 526 g/mol. The van der Waals surface area contributed by atoms with Crippen molar-refractivity contribution in [2.24, 2.45) is 0 Å². The summed E-state index contributed by atoms with van der Waals surface area (Å²) in [5.41, 5.74) is 14.2. The maximum atomic E-state index is 6.00. The summed E-state index contributed by atoms with van der Waals surface area (Å²) in [6, 6.07) is 49.5. The van der Waals surface area contributed by atoms with Crippen LogP contribution in [-0.2, 0) is 0 Å². The lowest BCUT2D eigenvalue weighted by Gasteiger charge is -2.15. The molecule has 0 unspecified atom stereocenters. The molecule has 6 aromatic carbocycles. The quantitative estimate of drug-likeness (QED) is 0.227. The van der Waals surface area contributed by atoms with Crippen molar-refractivity contribution in [3.05, 3.63) is 146 Å². The highest BCUT2D eigenvalue weighted by Gasteiger charge is 2.15. The van der Waals surface area contributed by atoms with Crippen molar-refractivity contribution in [1.82, 2.24) is 15.0 Å². The van der Waals surface area contributed by atoms with Gasteiger partial charge in [0.2, 0.25) is 0 Å². The summed E-state index contributed by atoms with van der Waals surface area (Å²) in [4.78, 5) is 14.6. The van der Waals surface area contributed by atoms with Crippen molar-refractivity contribution >= 4 is 16.5 Å². The van der Waals surface area contributed by atoms with Crippen LogP contribution in [0.5, 0.6) is 0 Å². The first-order valence-electron chi connectivity index (χ1n) is 13.6. The molecule has 0 atom stereocenters. The molecule has 7 rings (SSSR count). The van der Waals surface area contributed by atoms with Gasteiger partial charge in [-0.3, -0.25) is 0 Å². The molecule has 0 saturated heterocycles. The Balaban J connectivity index is 1.36. The number of fused-ring (bicyclic) bond motifs is 1. The highest BCUT2D eigenvalue weighted by Crippen LogP contribution is 2.39. The molecule has 0 spiro atoms. The van der Waals surface area contributed by atoms with E-state index >= 15 is 0 Å². The normalized spacial score (nSPS) is 11.0. The first-order valence-corrected chi connectivity index (χ1v) is 13.6. The van der Waals surface area contributed by atoms with Crippen molar-refractivity contribution in [1.29, 1.82) is 0 Å². The topological polar surface area (TPSA) is 64.7 Å². The molecule has 0 aliphatic heterocycles. The molecule has 0 aliphatic rings. The number of aromatic nitrogens is 3. The largest absolute Gasteiger partial charge is 0.399 e. The van der Waals surface area contributed by atoms with Crippen LogP contribution in [0.2, 0.25) is 0 Å². The zero-order valence-electron chi connectivity index (χ0n) is 22.3. The number of hydrogen-bond acceptors (Lipinski definition) is 4. The summed E-state index contributed by atoms with van der Waals surface area (Å²) in [7, 11) is 0. The molecule has 0 fully saturated rings. The number of nitrogens with two attached hydrogens (primary N) is 1. The maximum absolute atomic E-state index is 6.00. The van der Waals surface area contributed by atoms with E-state index < -0.39 is 0 Å². The number of anilines is 1. The smallest absolute Gasteiger partial charge is 0.164 e. The van der Waals surface area contributed by atoms with E-state index in [0.717, 1.165) is 39.1 Å². The zero-order chi connectivity index (χ0) is 27.6. The molecule has 0 amide bonds.